The fraction of sp³-hybridized carbons (Fsp3) is 0.0667. The van der Waals surface area contributed by atoms with Crippen LogP contribution in [0.1, 0.15) is 6.92 Å². The highest BCUT2D eigenvalue weighted by Crippen LogP contribution is 2.19. The molecule has 0 saturated carbocycles. The van der Waals surface area contributed by atoms with Crippen molar-refractivity contribution in [2.24, 2.45) is 0 Å². The normalized spacial score (nSPS) is 10.3. The highest BCUT2D eigenvalue weighted by molar-refractivity contribution is 7.13. The van der Waals surface area contributed by atoms with Gasteiger partial charge in [0.2, 0.25) is 11.9 Å². The number of amides is 1. The van der Waals surface area contributed by atoms with Gasteiger partial charge in [0.25, 0.3) is 5.56 Å². The fourth-order valence-electron chi connectivity index (χ4n) is 1.94. The maximum absolute atomic E-state index is 12.1. The molecule has 2 aromatic heterocycles. The van der Waals surface area contributed by atoms with Crippen LogP contribution in [-0.2, 0) is 4.79 Å². The summed E-state index contributed by atoms with van der Waals surface area (Å²) in [6.07, 6.45) is 0. The number of aromatic nitrogens is 3. The van der Waals surface area contributed by atoms with Crippen molar-refractivity contribution in [3.8, 4) is 10.6 Å². The number of hydrogen-bond acceptors (Lipinski definition) is 6. The molecule has 8 heteroatoms. The van der Waals surface area contributed by atoms with E-state index < -0.39 is 0 Å². The molecule has 23 heavy (non-hydrogen) atoms. The molecule has 0 unspecified atom stereocenters. The van der Waals surface area contributed by atoms with E-state index in [-0.39, 0.29) is 17.4 Å². The van der Waals surface area contributed by atoms with Crippen LogP contribution in [0.4, 0.5) is 17.3 Å². The summed E-state index contributed by atoms with van der Waals surface area (Å²) in [5, 5.41) is 15.5. The van der Waals surface area contributed by atoms with Crippen molar-refractivity contribution in [3.63, 3.8) is 0 Å². The van der Waals surface area contributed by atoms with E-state index in [9.17, 15) is 9.59 Å². The van der Waals surface area contributed by atoms with Gasteiger partial charge in [-0.1, -0.05) is 6.07 Å². The molecule has 1 amide bonds. The van der Waals surface area contributed by atoms with Gasteiger partial charge in [0.1, 0.15) is 0 Å². The lowest BCUT2D eigenvalue weighted by molar-refractivity contribution is -0.114. The van der Waals surface area contributed by atoms with Crippen LogP contribution in [-0.4, -0.2) is 21.1 Å². The van der Waals surface area contributed by atoms with E-state index in [2.05, 4.69) is 25.8 Å². The lowest BCUT2D eigenvalue weighted by Gasteiger charge is -2.06. The summed E-state index contributed by atoms with van der Waals surface area (Å²) in [6.45, 7) is 1.45. The van der Waals surface area contributed by atoms with Gasteiger partial charge in [0.15, 0.2) is 5.69 Å². The molecule has 0 aliphatic rings. The van der Waals surface area contributed by atoms with Crippen molar-refractivity contribution >= 4 is 34.6 Å². The Morgan fingerprint density at radius 3 is 2.48 bits per heavy atom. The molecular weight excluding hydrogens is 314 g/mol. The number of benzene rings is 1. The summed E-state index contributed by atoms with van der Waals surface area (Å²) in [5.41, 5.74) is 1.40. The third kappa shape index (κ3) is 3.61. The standard InChI is InChI=1S/C15H13N5O2S/c1-9(21)16-10-4-6-11(7-5-10)17-15-18-14(22)13(19-20-15)12-3-2-8-23-12/h2-8H,1H3,(H,16,21)(H2,17,18,20,22). The van der Waals surface area contributed by atoms with Crippen LogP contribution < -0.4 is 16.2 Å². The zero-order valence-electron chi connectivity index (χ0n) is 12.2. The minimum absolute atomic E-state index is 0.134. The third-order valence-electron chi connectivity index (χ3n) is 2.92. The van der Waals surface area contributed by atoms with Gasteiger partial charge in [-0.3, -0.25) is 14.6 Å². The molecule has 116 valence electrons. The first-order valence-corrected chi connectivity index (χ1v) is 7.65. The van der Waals surface area contributed by atoms with Crippen molar-refractivity contribution in [2.75, 3.05) is 10.6 Å². The molecule has 0 radical (unpaired) electrons. The number of H-pyrrole nitrogens is 1. The Morgan fingerprint density at radius 1 is 1.13 bits per heavy atom. The first-order chi connectivity index (χ1) is 11.1. The number of carbonyl (C=O) groups excluding carboxylic acids is 1. The SMILES string of the molecule is CC(=O)Nc1ccc(Nc2nnc(-c3cccs3)c(=O)[nH]2)cc1. The Morgan fingerprint density at radius 2 is 1.87 bits per heavy atom. The Hall–Kier alpha value is -3.00. The third-order valence-corrected chi connectivity index (χ3v) is 3.80. The summed E-state index contributed by atoms with van der Waals surface area (Å²) in [5.74, 6) is 0.118. The Balaban J connectivity index is 1.77. The van der Waals surface area contributed by atoms with Crippen molar-refractivity contribution in [1.82, 2.24) is 15.2 Å². The van der Waals surface area contributed by atoms with Gasteiger partial charge in [0, 0.05) is 18.3 Å². The second kappa shape index (κ2) is 6.41. The van der Waals surface area contributed by atoms with Crippen molar-refractivity contribution in [1.29, 1.82) is 0 Å². The van der Waals surface area contributed by atoms with Gasteiger partial charge >= 0.3 is 0 Å². The number of carbonyl (C=O) groups is 1. The van der Waals surface area contributed by atoms with Crippen LogP contribution >= 0.6 is 11.3 Å². The van der Waals surface area contributed by atoms with Crippen LogP contribution in [0.3, 0.4) is 0 Å². The molecule has 0 spiro atoms. The number of nitrogens with zero attached hydrogens (tertiary/aromatic N) is 2. The summed E-state index contributed by atoms with van der Waals surface area (Å²) >= 11 is 1.43. The lowest BCUT2D eigenvalue weighted by atomic mass is 10.3. The van der Waals surface area contributed by atoms with E-state index in [0.29, 0.717) is 17.1 Å². The molecule has 3 aromatic rings. The van der Waals surface area contributed by atoms with Gasteiger partial charge in [-0.25, -0.2) is 0 Å². The predicted molar refractivity (Wildman–Crippen MR) is 90.0 cm³/mol. The Labute approximate surface area is 135 Å². The second-order valence-corrected chi connectivity index (χ2v) is 5.66. The smallest absolute Gasteiger partial charge is 0.280 e. The number of nitrogens with one attached hydrogen (secondary N) is 3. The molecule has 0 bridgehead atoms. The number of aromatic amines is 1. The molecule has 0 fully saturated rings. The molecule has 0 aliphatic carbocycles. The second-order valence-electron chi connectivity index (χ2n) is 4.71. The van der Waals surface area contributed by atoms with Crippen LogP contribution in [0.25, 0.3) is 10.6 Å². The topological polar surface area (TPSA) is 99.8 Å². The first-order valence-electron chi connectivity index (χ1n) is 6.77. The van der Waals surface area contributed by atoms with Crippen molar-refractivity contribution in [2.45, 2.75) is 6.92 Å². The summed E-state index contributed by atoms with van der Waals surface area (Å²) in [7, 11) is 0. The van der Waals surface area contributed by atoms with Gasteiger partial charge < -0.3 is 10.6 Å². The van der Waals surface area contributed by atoms with E-state index in [1.807, 2.05) is 17.5 Å². The van der Waals surface area contributed by atoms with Crippen LogP contribution in [0.15, 0.2) is 46.6 Å². The minimum Gasteiger partial charge on any atom is -0.326 e. The van der Waals surface area contributed by atoms with Crippen LogP contribution in [0, 0.1) is 0 Å². The van der Waals surface area contributed by atoms with Gasteiger partial charge in [-0.05, 0) is 35.7 Å². The molecule has 2 heterocycles. The molecule has 3 N–H and O–H groups in total. The lowest BCUT2D eigenvalue weighted by Crippen LogP contribution is -2.15. The van der Waals surface area contributed by atoms with Crippen LogP contribution in [0.2, 0.25) is 0 Å². The molecule has 0 aliphatic heterocycles. The molecule has 0 atom stereocenters. The Kier molecular flexibility index (Phi) is 4.15. The largest absolute Gasteiger partial charge is 0.326 e. The number of rotatable bonds is 4. The quantitative estimate of drug-likeness (QED) is 0.684. The van der Waals surface area contributed by atoms with Gasteiger partial charge in [0.05, 0.1) is 4.88 Å². The Bertz CT molecular complexity index is 872. The van der Waals surface area contributed by atoms with Gasteiger partial charge in [-0.2, -0.15) is 0 Å². The molecule has 3 rings (SSSR count). The van der Waals surface area contributed by atoms with E-state index >= 15 is 0 Å². The monoisotopic (exact) mass is 327 g/mol. The average molecular weight is 327 g/mol. The minimum atomic E-state index is -0.306. The van der Waals surface area contributed by atoms with Crippen molar-refractivity contribution in [3.05, 3.63) is 52.1 Å². The van der Waals surface area contributed by atoms with E-state index in [4.69, 9.17) is 0 Å². The molecule has 7 nitrogen and oxygen atoms in total. The van der Waals surface area contributed by atoms with E-state index in [0.717, 1.165) is 4.88 Å². The summed E-state index contributed by atoms with van der Waals surface area (Å²) in [6, 6.07) is 10.7. The maximum Gasteiger partial charge on any atom is 0.280 e. The number of anilines is 3. The maximum atomic E-state index is 12.1. The van der Waals surface area contributed by atoms with E-state index in [1.54, 1.807) is 24.3 Å². The number of hydrogen-bond donors (Lipinski definition) is 3. The average Bonchev–Trinajstić information content (AvgIpc) is 3.03. The zero-order valence-corrected chi connectivity index (χ0v) is 13.0. The summed E-state index contributed by atoms with van der Waals surface area (Å²) in [4.78, 5) is 26.5. The fourth-order valence-corrected chi connectivity index (χ4v) is 2.65. The summed E-state index contributed by atoms with van der Waals surface area (Å²) < 4.78 is 0. The molecule has 1 aromatic carbocycles. The molecular formula is C15H13N5O2S. The van der Waals surface area contributed by atoms with Gasteiger partial charge in [-0.15, -0.1) is 21.5 Å². The number of thiophene rings is 1. The predicted octanol–water partition coefficient (Wildman–Crippen LogP) is 2.60. The molecule has 0 saturated heterocycles. The van der Waals surface area contributed by atoms with Crippen molar-refractivity contribution < 1.29 is 4.79 Å². The van der Waals surface area contributed by atoms with Crippen LogP contribution in [0.5, 0.6) is 0 Å². The highest BCUT2D eigenvalue weighted by atomic mass is 32.1. The van der Waals surface area contributed by atoms with E-state index in [1.165, 1.54) is 18.3 Å². The zero-order chi connectivity index (χ0) is 16.2. The first kappa shape index (κ1) is 14.9. The highest BCUT2D eigenvalue weighted by Gasteiger charge is 2.08.